The molecule has 0 aliphatic heterocycles. The van der Waals surface area contributed by atoms with Gasteiger partial charge >= 0.3 is 6.03 Å². The molecule has 0 fully saturated rings. The van der Waals surface area contributed by atoms with Crippen molar-refractivity contribution < 1.29 is 9.59 Å². The number of ketones is 1. The van der Waals surface area contributed by atoms with Crippen LogP contribution in [0.5, 0.6) is 0 Å². The van der Waals surface area contributed by atoms with Gasteiger partial charge in [0.25, 0.3) is 0 Å². The van der Waals surface area contributed by atoms with Gasteiger partial charge in [0, 0.05) is 31.2 Å². The summed E-state index contributed by atoms with van der Waals surface area (Å²) in [6, 6.07) is 6.41. The molecule has 0 aliphatic rings. The summed E-state index contributed by atoms with van der Waals surface area (Å²) in [6.07, 6.45) is 3.46. The molecule has 0 spiro atoms. The van der Waals surface area contributed by atoms with Gasteiger partial charge in [0.1, 0.15) is 10.8 Å². The quantitative estimate of drug-likeness (QED) is 0.608. The molecule has 0 atom stereocenters. The van der Waals surface area contributed by atoms with Gasteiger partial charge in [0.15, 0.2) is 0 Å². The Hall–Kier alpha value is -3.40. The summed E-state index contributed by atoms with van der Waals surface area (Å²) in [5.41, 5.74) is 13.0. The highest BCUT2D eigenvalue weighted by molar-refractivity contribution is 7.15. The van der Waals surface area contributed by atoms with Gasteiger partial charge in [0.05, 0.1) is 5.69 Å². The average Bonchev–Trinajstić information content (AvgIpc) is 3.13. The summed E-state index contributed by atoms with van der Waals surface area (Å²) in [5.74, 6) is 0.342. The Labute approximate surface area is 171 Å². The molecule has 2 aromatic heterocycles. The zero-order chi connectivity index (χ0) is 21.0. The van der Waals surface area contributed by atoms with Crippen molar-refractivity contribution in [1.29, 1.82) is 0 Å². The van der Waals surface area contributed by atoms with Crippen molar-refractivity contribution in [3.05, 3.63) is 52.8 Å². The van der Waals surface area contributed by atoms with Crippen LogP contribution in [-0.4, -0.2) is 32.0 Å². The van der Waals surface area contributed by atoms with Crippen molar-refractivity contribution in [2.75, 3.05) is 10.6 Å². The topological polar surface area (TPSA) is 141 Å². The summed E-state index contributed by atoms with van der Waals surface area (Å²) < 4.78 is 0. The van der Waals surface area contributed by atoms with E-state index in [1.807, 2.05) is 19.9 Å². The second-order valence-electron chi connectivity index (χ2n) is 6.76. The highest BCUT2D eigenvalue weighted by atomic mass is 32.1. The second-order valence-corrected chi connectivity index (χ2v) is 7.75. The number of nitrogens with two attached hydrogens (primary N) is 2. The largest absolute Gasteiger partial charge is 0.368 e. The van der Waals surface area contributed by atoms with E-state index in [2.05, 4.69) is 20.2 Å². The molecular formula is C19H21N7O2S. The molecular weight excluding hydrogens is 390 g/mol. The molecule has 4 N–H and O–H groups in total. The monoisotopic (exact) mass is 411 g/mol. The zero-order valence-electron chi connectivity index (χ0n) is 16.1. The number of urea groups is 1. The molecule has 0 radical (unpaired) electrons. The van der Waals surface area contributed by atoms with Crippen molar-refractivity contribution in [2.24, 2.45) is 5.73 Å². The van der Waals surface area contributed by atoms with Gasteiger partial charge in [-0.1, -0.05) is 37.3 Å². The van der Waals surface area contributed by atoms with Gasteiger partial charge in [0.2, 0.25) is 11.1 Å². The highest BCUT2D eigenvalue weighted by Crippen LogP contribution is 2.31. The number of benzene rings is 1. The number of primary amides is 1. The number of amides is 2. The minimum Gasteiger partial charge on any atom is -0.368 e. The van der Waals surface area contributed by atoms with Crippen molar-refractivity contribution in [3.8, 4) is 0 Å². The normalized spacial score (nSPS) is 10.9. The minimum atomic E-state index is -0.668. The molecule has 9 nitrogen and oxygen atoms in total. The molecule has 0 unspecified atom stereocenters. The van der Waals surface area contributed by atoms with E-state index in [0.717, 1.165) is 10.6 Å². The number of aromatic nitrogens is 4. The number of nitrogen functional groups attached to an aromatic ring is 1. The average molecular weight is 411 g/mol. The molecule has 0 aliphatic carbocycles. The Kier molecular flexibility index (Phi) is 6.13. The molecule has 1 aromatic carbocycles. The molecule has 2 heterocycles. The molecule has 0 saturated heterocycles. The lowest BCUT2D eigenvalue weighted by Gasteiger charge is -2.17. The Morgan fingerprint density at radius 3 is 2.41 bits per heavy atom. The van der Waals surface area contributed by atoms with E-state index in [4.69, 9.17) is 11.5 Å². The van der Waals surface area contributed by atoms with E-state index < -0.39 is 6.03 Å². The Morgan fingerprint density at radius 2 is 1.79 bits per heavy atom. The summed E-state index contributed by atoms with van der Waals surface area (Å²) in [4.78, 5) is 33.6. The lowest BCUT2D eigenvalue weighted by Crippen LogP contribution is -2.31. The van der Waals surface area contributed by atoms with E-state index in [-0.39, 0.29) is 30.5 Å². The zero-order valence-corrected chi connectivity index (χ0v) is 16.9. The number of carbonyl (C=O) groups excluding carboxylic acids is 2. The van der Waals surface area contributed by atoms with E-state index in [1.165, 1.54) is 28.6 Å². The SMILES string of the molecule is CC(C)c1nnc(N(C(N)=O)c2cccc(CC(=O)Cc3cnc(N)nc3)c2)s1. The van der Waals surface area contributed by atoms with Crippen LogP contribution in [0, 0.1) is 0 Å². The summed E-state index contributed by atoms with van der Waals surface area (Å²) >= 11 is 1.31. The number of nitrogens with zero attached hydrogens (tertiary/aromatic N) is 5. The maximum atomic E-state index is 12.4. The van der Waals surface area contributed by atoms with E-state index in [0.29, 0.717) is 16.4 Å². The van der Waals surface area contributed by atoms with Crippen LogP contribution in [0.2, 0.25) is 0 Å². The van der Waals surface area contributed by atoms with Gasteiger partial charge < -0.3 is 11.5 Å². The van der Waals surface area contributed by atoms with E-state index in [1.54, 1.807) is 18.2 Å². The smallest absolute Gasteiger partial charge is 0.325 e. The third kappa shape index (κ3) is 5.11. The first-order chi connectivity index (χ1) is 13.8. The molecule has 10 heteroatoms. The minimum absolute atomic E-state index is 0.0147. The molecule has 0 saturated carbocycles. The Balaban J connectivity index is 1.78. The number of anilines is 3. The predicted octanol–water partition coefficient (Wildman–Crippen LogP) is 2.60. The fraction of sp³-hybridized carbons (Fsp3) is 0.263. The Bertz CT molecular complexity index is 1020. The van der Waals surface area contributed by atoms with Crippen LogP contribution in [0.4, 0.5) is 21.6 Å². The van der Waals surface area contributed by atoms with Gasteiger partial charge in [-0.25, -0.2) is 19.7 Å². The van der Waals surface area contributed by atoms with E-state index in [9.17, 15) is 9.59 Å². The van der Waals surface area contributed by atoms with Gasteiger partial charge in [-0.15, -0.1) is 10.2 Å². The predicted molar refractivity (Wildman–Crippen MR) is 111 cm³/mol. The van der Waals surface area contributed by atoms with Gasteiger partial charge in [-0.3, -0.25) is 4.79 Å². The highest BCUT2D eigenvalue weighted by Gasteiger charge is 2.21. The van der Waals surface area contributed by atoms with Crippen molar-refractivity contribution in [1.82, 2.24) is 20.2 Å². The number of hydrogen-bond acceptors (Lipinski definition) is 8. The van der Waals surface area contributed by atoms with Crippen LogP contribution >= 0.6 is 11.3 Å². The molecule has 29 heavy (non-hydrogen) atoms. The maximum Gasteiger partial charge on any atom is 0.325 e. The first-order valence-electron chi connectivity index (χ1n) is 8.93. The lowest BCUT2D eigenvalue weighted by molar-refractivity contribution is -0.117. The van der Waals surface area contributed by atoms with Crippen LogP contribution in [0.3, 0.4) is 0 Å². The molecule has 3 rings (SSSR count). The van der Waals surface area contributed by atoms with Crippen LogP contribution in [0.1, 0.15) is 35.9 Å². The summed E-state index contributed by atoms with van der Waals surface area (Å²) in [5, 5.41) is 9.40. The summed E-state index contributed by atoms with van der Waals surface area (Å²) in [6.45, 7) is 3.99. The molecule has 150 valence electrons. The fourth-order valence-corrected chi connectivity index (χ4v) is 3.53. The maximum absolute atomic E-state index is 12.4. The van der Waals surface area contributed by atoms with Crippen LogP contribution in [0.25, 0.3) is 0 Å². The number of rotatable bonds is 7. The lowest BCUT2D eigenvalue weighted by atomic mass is 10.0. The molecule has 3 aromatic rings. The van der Waals surface area contributed by atoms with Crippen molar-refractivity contribution >= 4 is 39.9 Å². The first-order valence-corrected chi connectivity index (χ1v) is 9.75. The Morgan fingerprint density at radius 1 is 1.10 bits per heavy atom. The van der Waals surface area contributed by atoms with Crippen LogP contribution in [0.15, 0.2) is 36.7 Å². The van der Waals surface area contributed by atoms with Gasteiger partial charge in [-0.05, 0) is 23.3 Å². The standard InChI is InChI=1S/C19H21N7O2S/c1-11(2)16-24-25-19(29-16)26(18(21)28)14-5-3-4-12(6-14)7-15(27)8-13-9-22-17(20)23-10-13/h3-6,9-11H,7-8H2,1-2H3,(H2,21,28)(H2,20,22,23). The summed E-state index contributed by atoms with van der Waals surface area (Å²) in [7, 11) is 0. The van der Waals surface area contributed by atoms with Crippen molar-refractivity contribution in [3.63, 3.8) is 0 Å². The van der Waals surface area contributed by atoms with Crippen molar-refractivity contribution in [2.45, 2.75) is 32.6 Å². The molecule has 2 amide bonds. The second kappa shape index (κ2) is 8.74. The third-order valence-corrected chi connectivity index (χ3v) is 5.24. The van der Waals surface area contributed by atoms with Crippen LogP contribution < -0.4 is 16.4 Å². The number of hydrogen-bond donors (Lipinski definition) is 2. The van der Waals surface area contributed by atoms with Crippen LogP contribution in [-0.2, 0) is 17.6 Å². The fourth-order valence-electron chi connectivity index (χ4n) is 2.66. The van der Waals surface area contributed by atoms with E-state index >= 15 is 0 Å². The third-order valence-electron chi connectivity index (χ3n) is 4.03. The number of Topliss-reactive ketones (excluding diaryl/α,β-unsaturated/α-hetero) is 1. The molecule has 0 bridgehead atoms. The first kappa shape index (κ1) is 20.3. The number of carbonyl (C=O) groups is 2. The van der Waals surface area contributed by atoms with Gasteiger partial charge in [-0.2, -0.15) is 0 Å².